The van der Waals surface area contributed by atoms with Crippen LogP contribution in [-0.2, 0) is 9.47 Å². The van der Waals surface area contributed by atoms with Crippen LogP contribution in [0.1, 0.15) is 15.8 Å². The molecule has 2 nitrogen and oxygen atoms in total. The zero-order chi connectivity index (χ0) is 10.8. The lowest BCUT2D eigenvalue weighted by Gasteiger charge is -2.26. The van der Waals surface area contributed by atoms with Gasteiger partial charge in [-0.05, 0) is 18.6 Å². The third kappa shape index (κ3) is 2.66. The Morgan fingerprint density at radius 3 is 2.87 bits per heavy atom. The van der Waals surface area contributed by atoms with E-state index in [9.17, 15) is 0 Å². The van der Waals surface area contributed by atoms with E-state index in [4.69, 9.17) is 32.7 Å². The van der Waals surface area contributed by atoms with Crippen molar-refractivity contribution in [2.45, 2.75) is 18.4 Å². The van der Waals surface area contributed by atoms with E-state index in [1.54, 1.807) is 0 Å². The average molecular weight is 267 g/mol. The molecule has 0 spiro atoms. The highest BCUT2D eigenvalue weighted by Crippen LogP contribution is 2.37. The third-order valence-corrected chi connectivity index (χ3v) is 4.60. The molecule has 1 fully saturated rings. The van der Waals surface area contributed by atoms with Crippen LogP contribution in [0.15, 0.2) is 6.07 Å². The van der Waals surface area contributed by atoms with Crippen LogP contribution in [-0.4, -0.2) is 25.9 Å². The highest BCUT2D eigenvalue weighted by Gasteiger charge is 2.26. The fraction of sp³-hybridized carbons (Fsp3) is 0.600. The van der Waals surface area contributed by atoms with Crippen molar-refractivity contribution < 1.29 is 9.47 Å². The van der Waals surface area contributed by atoms with Crippen LogP contribution >= 0.6 is 34.5 Å². The monoisotopic (exact) mass is 266 g/mol. The number of halogens is 2. The molecule has 0 saturated carbocycles. The molecule has 0 aromatic carbocycles. The molecule has 0 N–H and O–H groups in total. The summed E-state index contributed by atoms with van der Waals surface area (Å²) in [7, 11) is 0. The quantitative estimate of drug-likeness (QED) is 0.764. The van der Waals surface area contributed by atoms with Crippen molar-refractivity contribution >= 4 is 34.5 Å². The standard InChI is InChI=1S/C10H12Cl2O2S/c1-6-4-8(15-10(6)12)9(11)7-5-13-2-3-14-7/h4,7,9H,2-3,5H2,1H3. The third-order valence-electron chi connectivity index (χ3n) is 2.32. The summed E-state index contributed by atoms with van der Waals surface area (Å²) in [4.78, 5) is 1.05. The maximum atomic E-state index is 6.32. The number of aryl methyl sites for hydroxylation is 1. The number of ether oxygens (including phenoxy) is 2. The van der Waals surface area contributed by atoms with E-state index < -0.39 is 0 Å². The SMILES string of the molecule is Cc1cc(C(Cl)C2COCCO2)sc1Cl. The largest absolute Gasteiger partial charge is 0.376 e. The van der Waals surface area contributed by atoms with E-state index in [1.165, 1.54) is 11.3 Å². The lowest BCUT2D eigenvalue weighted by molar-refractivity contribution is -0.0889. The van der Waals surface area contributed by atoms with Crippen molar-refractivity contribution in [1.29, 1.82) is 0 Å². The van der Waals surface area contributed by atoms with Gasteiger partial charge in [-0.1, -0.05) is 11.6 Å². The van der Waals surface area contributed by atoms with E-state index >= 15 is 0 Å². The van der Waals surface area contributed by atoms with Crippen LogP contribution < -0.4 is 0 Å². The van der Waals surface area contributed by atoms with Gasteiger partial charge in [0.05, 0.1) is 29.5 Å². The zero-order valence-electron chi connectivity index (χ0n) is 8.33. The normalized spacial score (nSPS) is 24.1. The van der Waals surface area contributed by atoms with Crippen LogP contribution in [0.5, 0.6) is 0 Å². The van der Waals surface area contributed by atoms with Crippen molar-refractivity contribution in [2.24, 2.45) is 0 Å². The topological polar surface area (TPSA) is 18.5 Å². The number of alkyl halides is 1. The van der Waals surface area contributed by atoms with Crippen molar-refractivity contribution in [1.82, 2.24) is 0 Å². The molecule has 0 aliphatic carbocycles. The molecular weight excluding hydrogens is 255 g/mol. The second-order valence-electron chi connectivity index (χ2n) is 3.49. The van der Waals surface area contributed by atoms with Crippen LogP contribution in [0.3, 0.4) is 0 Å². The van der Waals surface area contributed by atoms with E-state index in [0.29, 0.717) is 19.8 Å². The number of hydrogen-bond acceptors (Lipinski definition) is 3. The molecule has 15 heavy (non-hydrogen) atoms. The Morgan fingerprint density at radius 1 is 1.53 bits per heavy atom. The lowest BCUT2D eigenvalue weighted by atomic mass is 10.2. The summed E-state index contributed by atoms with van der Waals surface area (Å²) < 4.78 is 11.7. The molecule has 1 aliphatic heterocycles. The lowest BCUT2D eigenvalue weighted by Crippen LogP contribution is -2.31. The fourth-order valence-electron chi connectivity index (χ4n) is 1.48. The van der Waals surface area contributed by atoms with Gasteiger partial charge in [0.15, 0.2) is 0 Å². The summed E-state index contributed by atoms with van der Waals surface area (Å²) >= 11 is 13.8. The summed E-state index contributed by atoms with van der Waals surface area (Å²) in [6.07, 6.45) is -0.0606. The Kier molecular flexibility index (Phi) is 3.91. The highest BCUT2D eigenvalue weighted by molar-refractivity contribution is 7.16. The first-order valence-corrected chi connectivity index (χ1v) is 6.41. The molecule has 1 aromatic rings. The molecule has 2 atom stereocenters. The molecule has 2 heterocycles. The van der Waals surface area contributed by atoms with Crippen LogP contribution in [0, 0.1) is 6.92 Å². The van der Waals surface area contributed by atoms with Gasteiger partial charge in [0.1, 0.15) is 6.10 Å². The van der Waals surface area contributed by atoms with Crippen molar-refractivity contribution in [3.05, 3.63) is 20.8 Å². The van der Waals surface area contributed by atoms with E-state index in [-0.39, 0.29) is 11.5 Å². The molecule has 0 bridgehead atoms. The van der Waals surface area contributed by atoms with Crippen molar-refractivity contribution in [2.75, 3.05) is 19.8 Å². The van der Waals surface area contributed by atoms with Crippen LogP contribution in [0.4, 0.5) is 0 Å². The van der Waals surface area contributed by atoms with E-state index in [1.807, 2.05) is 13.0 Å². The van der Waals surface area contributed by atoms with Gasteiger partial charge in [0, 0.05) is 4.88 Å². The first kappa shape index (κ1) is 11.7. The van der Waals surface area contributed by atoms with Crippen molar-refractivity contribution in [3.63, 3.8) is 0 Å². The number of hydrogen-bond donors (Lipinski definition) is 0. The molecular formula is C10H12Cl2O2S. The Labute approximate surface area is 103 Å². The second kappa shape index (κ2) is 5.02. The molecule has 0 radical (unpaired) electrons. The minimum absolute atomic E-state index is 0.0606. The summed E-state index contributed by atoms with van der Waals surface area (Å²) in [5, 5.41) is -0.165. The number of thiophene rings is 1. The Balaban J connectivity index is 2.08. The summed E-state index contributed by atoms with van der Waals surface area (Å²) in [6, 6.07) is 2.02. The predicted molar refractivity (Wildman–Crippen MR) is 63.2 cm³/mol. The molecule has 1 aliphatic rings. The smallest absolute Gasteiger partial charge is 0.102 e. The predicted octanol–water partition coefficient (Wildman–Crippen LogP) is 3.41. The van der Waals surface area contributed by atoms with Crippen molar-refractivity contribution in [3.8, 4) is 0 Å². The molecule has 0 amide bonds. The van der Waals surface area contributed by atoms with E-state index in [2.05, 4.69) is 0 Å². The number of rotatable bonds is 2. The average Bonchev–Trinajstić information content (AvgIpc) is 2.59. The summed E-state index contributed by atoms with van der Waals surface area (Å²) in [5.41, 5.74) is 1.07. The van der Waals surface area contributed by atoms with Crippen LogP contribution in [0.2, 0.25) is 4.34 Å². The molecule has 1 saturated heterocycles. The Bertz CT molecular complexity index is 315. The molecule has 2 rings (SSSR count). The molecule has 2 unspecified atom stereocenters. The minimum Gasteiger partial charge on any atom is -0.376 e. The second-order valence-corrected chi connectivity index (χ2v) is 5.65. The van der Waals surface area contributed by atoms with Gasteiger partial charge in [0.25, 0.3) is 0 Å². The summed E-state index contributed by atoms with van der Waals surface area (Å²) in [6.45, 7) is 3.81. The Hall–Kier alpha value is 0.200. The maximum Gasteiger partial charge on any atom is 0.102 e. The van der Waals surface area contributed by atoms with Crippen LogP contribution in [0.25, 0.3) is 0 Å². The zero-order valence-corrected chi connectivity index (χ0v) is 10.7. The van der Waals surface area contributed by atoms with Gasteiger partial charge < -0.3 is 9.47 Å². The van der Waals surface area contributed by atoms with E-state index in [0.717, 1.165) is 14.8 Å². The van der Waals surface area contributed by atoms with Gasteiger partial charge >= 0.3 is 0 Å². The molecule has 5 heteroatoms. The molecule has 1 aromatic heterocycles. The highest BCUT2D eigenvalue weighted by atomic mass is 35.5. The fourth-order valence-corrected chi connectivity index (χ4v) is 3.07. The van der Waals surface area contributed by atoms with Gasteiger partial charge in [-0.25, -0.2) is 0 Å². The van der Waals surface area contributed by atoms with Gasteiger partial charge in [-0.3, -0.25) is 0 Å². The minimum atomic E-state index is -0.165. The summed E-state index contributed by atoms with van der Waals surface area (Å²) in [5.74, 6) is 0. The first-order chi connectivity index (χ1) is 7.18. The maximum absolute atomic E-state index is 6.32. The van der Waals surface area contributed by atoms with Gasteiger partial charge in [0.2, 0.25) is 0 Å². The van der Waals surface area contributed by atoms with Gasteiger partial charge in [-0.2, -0.15) is 0 Å². The van der Waals surface area contributed by atoms with Gasteiger partial charge in [-0.15, -0.1) is 22.9 Å². The Morgan fingerprint density at radius 2 is 2.33 bits per heavy atom. The first-order valence-electron chi connectivity index (χ1n) is 4.77. The molecule has 84 valence electrons.